The smallest absolute Gasteiger partial charge is 0.289 e. The molecule has 0 aliphatic carbocycles. The van der Waals surface area contributed by atoms with Crippen LogP contribution in [0.5, 0.6) is 0 Å². The molecule has 7 heteroatoms. The molecule has 6 nitrogen and oxygen atoms in total. The topological polar surface area (TPSA) is 65.8 Å². The molecule has 0 bridgehead atoms. The second-order valence-electron chi connectivity index (χ2n) is 4.91. The van der Waals surface area contributed by atoms with Crippen LogP contribution in [0.15, 0.2) is 35.0 Å². The highest BCUT2D eigenvalue weighted by Gasteiger charge is 2.29. The number of carbonyl (C=O) groups is 2. The fourth-order valence-corrected chi connectivity index (χ4v) is 2.52. The molecule has 0 aromatic carbocycles. The van der Waals surface area contributed by atoms with Crippen molar-refractivity contribution in [3.8, 4) is 0 Å². The monoisotopic (exact) mass is 311 g/mol. The first kappa shape index (κ1) is 15.6. The zero-order valence-electron chi connectivity index (χ0n) is 11.5. The molecule has 2 amide bonds. The number of hydrogen-bond acceptors (Lipinski definition) is 4. The van der Waals surface area contributed by atoms with Crippen molar-refractivity contribution in [1.29, 1.82) is 0 Å². The Morgan fingerprint density at radius 2 is 1.90 bits per heavy atom. The SMILES string of the molecule is Cl.O=C(c1ccco1)N1CCN(C(=O)C2C=CCN2)CC1. The number of furan rings is 1. The van der Waals surface area contributed by atoms with Crippen LogP contribution in [0.25, 0.3) is 0 Å². The predicted molar refractivity (Wildman–Crippen MR) is 79.4 cm³/mol. The van der Waals surface area contributed by atoms with Gasteiger partial charge in [-0.3, -0.25) is 14.9 Å². The van der Waals surface area contributed by atoms with Crippen LogP contribution in [0.3, 0.4) is 0 Å². The number of nitrogens with zero attached hydrogens (tertiary/aromatic N) is 2. The van der Waals surface area contributed by atoms with Crippen molar-refractivity contribution in [2.24, 2.45) is 0 Å². The molecule has 1 unspecified atom stereocenters. The van der Waals surface area contributed by atoms with Gasteiger partial charge in [0, 0.05) is 32.7 Å². The second kappa shape index (κ2) is 6.78. The summed E-state index contributed by atoms with van der Waals surface area (Å²) in [5.74, 6) is 0.329. The molecule has 0 spiro atoms. The van der Waals surface area contributed by atoms with Gasteiger partial charge < -0.3 is 14.2 Å². The number of nitrogens with one attached hydrogen (secondary N) is 1. The minimum Gasteiger partial charge on any atom is -0.459 e. The van der Waals surface area contributed by atoms with Gasteiger partial charge in [0.2, 0.25) is 5.91 Å². The Labute approximate surface area is 129 Å². The number of amides is 2. The van der Waals surface area contributed by atoms with Gasteiger partial charge >= 0.3 is 0 Å². The lowest BCUT2D eigenvalue weighted by atomic mass is 10.2. The zero-order valence-corrected chi connectivity index (χ0v) is 12.3. The lowest BCUT2D eigenvalue weighted by molar-refractivity contribution is -0.133. The van der Waals surface area contributed by atoms with Crippen molar-refractivity contribution < 1.29 is 14.0 Å². The summed E-state index contributed by atoms with van der Waals surface area (Å²) in [4.78, 5) is 27.8. The van der Waals surface area contributed by atoms with Crippen molar-refractivity contribution in [3.63, 3.8) is 0 Å². The average molecular weight is 312 g/mol. The van der Waals surface area contributed by atoms with E-state index in [1.807, 2.05) is 12.2 Å². The van der Waals surface area contributed by atoms with E-state index >= 15 is 0 Å². The first-order chi connectivity index (χ1) is 9.75. The maximum atomic E-state index is 12.2. The minimum absolute atomic E-state index is 0. The van der Waals surface area contributed by atoms with Crippen molar-refractivity contribution in [2.45, 2.75) is 6.04 Å². The first-order valence-electron chi connectivity index (χ1n) is 6.77. The summed E-state index contributed by atoms with van der Waals surface area (Å²) in [6.45, 7) is 2.96. The number of piperazine rings is 1. The Morgan fingerprint density at radius 1 is 1.19 bits per heavy atom. The molecule has 0 radical (unpaired) electrons. The van der Waals surface area contributed by atoms with Crippen LogP contribution in [-0.4, -0.2) is 60.4 Å². The molecule has 2 aliphatic heterocycles. The standard InChI is InChI=1S/C14H17N3O3.ClH/c18-13(11-3-1-5-15-11)16-6-8-17(9-7-16)14(19)12-4-2-10-20-12;/h1-4,10-11,15H,5-9H2;1H. The van der Waals surface area contributed by atoms with E-state index in [9.17, 15) is 9.59 Å². The molecule has 1 saturated heterocycles. The molecule has 3 heterocycles. The highest BCUT2D eigenvalue weighted by molar-refractivity contribution is 5.91. The molecule has 1 aromatic heterocycles. The average Bonchev–Trinajstić information content (AvgIpc) is 3.18. The fraction of sp³-hybridized carbons (Fsp3) is 0.429. The quantitative estimate of drug-likeness (QED) is 0.809. The van der Waals surface area contributed by atoms with Gasteiger partial charge in [0.25, 0.3) is 5.91 Å². The summed E-state index contributed by atoms with van der Waals surface area (Å²) in [6.07, 6.45) is 5.34. The van der Waals surface area contributed by atoms with Gasteiger partial charge in [-0.05, 0) is 12.1 Å². The van der Waals surface area contributed by atoms with Gasteiger partial charge in [-0.15, -0.1) is 12.4 Å². The van der Waals surface area contributed by atoms with Gasteiger partial charge in [0.15, 0.2) is 5.76 Å². The largest absolute Gasteiger partial charge is 0.459 e. The normalized spacial score (nSPS) is 21.2. The molecular weight excluding hydrogens is 294 g/mol. The van der Waals surface area contributed by atoms with Crippen molar-refractivity contribution in [1.82, 2.24) is 15.1 Å². The molecule has 21 heavy (non-hydrogen) atoms. The van der Waals surface area contributed by atoms with Gasteiger partial charge in [-0.25, -0.2) is 0 Å². The molecule has 1 atom stereocenters. The van der Waals surface area contributed by atoms with Gasteiger partial charge in [0.1, 0.15) is 6.04 Å². The third kappa shape index (κ3) is 3.28. The van der Waals surface area contributed by atoms with Crippen molar-refractivity contribution in [3.05, 3.63) is 36.3 Å². The maximum absolute atomic E-state index is 12.2. The molecule has 1 fully saturated rings. The van der Waals surface area contributed by atoms with Crippen molar-refractivity contribution >= 4 is 24.2 Å². The summed E-state index contributed by atoms with van der Waals surface area (Å²) >= 11 is 0. The Bertz CT molecular complexity index is 522. The molecule has 1 N–H and O–H groups in total. The molecule has 3 rings (SSSR count). The van der Waals surface area contributed by atoms with Crippen LogP contribution >= 0.6 is 12.4 Å². The summed E-state index contributed by atoms with van der Waals surface area (Å²) in [5.41, 5.74) is 0. The third-order valence-electron chi connectivity index (χ3n) is 3.66. The van der Waals surface area contributed by atoms with E-state index in [1.165, 1.54) is 6.26 Å². The minimum atomic E-state index is -0.206. The first-order valence-corrected chi connectivity index (χ1v) is 6.77. The Hall–Kier alpha value is -1.79. The van der Waals surface area contributed by atoms with E-state index in [0.29, 0.717) is 31.9 Å². The lowest BCUT2D eigenvalue weighted by Crippen LogP contribution is -2.54. The van der Waals surface area contributed by atoms with E-state index in [1.54, 1.807) is 21.9 Å². The van der Waals surface area contributed by atoms with Crippen LogP contribution < -0.4 is 5.32 Å². The van der Waals surface area contributed by atoms with Crippen LogP contribution in [0, 0.1) is 0 Å². The van der Waals surface area contributed by atoms with Gasteiger partial charge in [0.05, 0.1) is 6.26 Å². The summed E-state index contributed by atoms with van der Waals surface area (Å²) in [6, 6.07) is 3.15. The van der Waals surface area contributed by atoms with Crippen LogP contribution in [0.2, 0.25) is 0 Å². The van der Waals surface area contributed by atoms with E-state index < -0.39 is 0 Å². The third-order valence-corrected chi connectivity index (χ3v) is 3.66. The van der Waals surface area contributed by atoms with Crippen LogP contribution in [0.4, 0.5) is 0 Å². The Morgan fingerprint density at radius 3 is 2.48 bits per heavy atom. The summed E-state index contributed by atoms with van der Waals surface area (Å²) in [5, 5.41) is 3.11. The van der Waals surface area contributed by atoms with E-state index in [0.717, 1.165) is 6.54 Å². The highest BCUT2D eigenvalue weighted by Crippen LogP contribution is 2.11. The Kier molecular flexibility index (Phi) is 5.03. The zero-order chi connectivity index (χ0) is 13.9. The number of rotatable bonds is 2. The van der Waals surface area contributed by atoms with E-state index in [-0.39, 0.29) is 30.3 Å². The molecule has 0 saturated carbocycles. The lowest BCUT2D eigenvalue weighted by Gasteiger charge is -2.35. The molecule has 1 aromatic rings. The van der Waals surface area contributed by atoms with E-state index in [2.05, 4.69) is 5.32 Å². The Balaban J connectivity index is 0.00000161. The van der Waals surface area contributed by atoms with Crippen LogP contribution in [0.1, 0.15) is 10.6 Å². The van der Waals surface area contributed by atoms with Gasteiger partial charge in [-0.1, -0.05) is 12.2 Å². The maximum Gasteiger partial charge on any atom is 0.289 e. The van der Waals surface area contributed by atoms with Gasteiger partial charge in [-0.2, -0.15) is 0 Å². The predicted octanol–water partition coefficient (Wildman–Crippen LogP) is 0.514. The highest BCUT2D eigenvalue weighted by atomic mass is 35.5. The number of halogens is 1. The molecular formula is C14H18ClN3O3. The van der Waals surface area contributed by atoms with Crippen molar-refractivity contribution in [2.75, 3.05) is 32.7 Å². The second-order valence-corrected chi connectivity index (χ2v) is 4.91. The van der Waals surface area contributed by atoms with E-state index in [4.69, 9.17) is 4.42 Å². The summed E-state index contributed by atoms with van der Waals surface area (Å²) < 4.78 is 5.11. The number of hydrogen-bond donors (Lipinski definition) is 1. The fourth-order valence-electron chi connectivity index (χ4n) is 2.52. The van der Waals surface area contributed by atoms with Crippen LogP contribution in [-0.2, 0) is 4.79 Å². The molecule has 114 valence electrons. The summed E-state index contributed by atoms with van der Waals surface area (Å²) in [7, 11) is 0. The molecule has 2 aliphatic rings. The number of carbonyl (C=O) groups excluding carboxylic acids is 2.